The number of hydrogen-bond donors (Lipinski definition) is 2. The minimum Gasteiger partial charge on any atom is -0.494 e. The van der Waals surface area contributed by atoms with Gasteiger partial charge < -0.3 is 20.4 Å². The molecule has 0 unspecified atom stereocenters. The van der Waals surface area contributed by atoms with E-state index in [0.29, 0.717) is 31.9 Å². The van der Waals surface area contributed by atoms with E-state index < -0.39 is 0 Å². The topological polar surface area (TPSA) is 82.2 Å². The van der Waals surface area contributed by atoms with Crippen molar-refractivity contribution in [1.82, 2.24) is 14.9 Å². The van der Waals surface area contributed by atoms with E-state index in [1.54, 1.807) is 17.1 Å². The standard InChI is InChI=1S/C15H20N4O2/c16-7-9-19-11-14(18-12-19)15(20)17-8-4-10-21-13-5-2-1-3-6-13/h1-3,5-6,11-12H,4,7-10,16H2,(H,17,20). The molecule has 0 bridgehead atoms. The number of nitrogens with two attached hydrogens (primary N) is 1. The van der Waals surface area contributed by atoms with Crippen LogP contribution >= 0.6 is 0 Å². The van der Waals surface area contributed by atoms with E-state index >= 15 is 0 Å². The summed E-state index contributed by atoms with van der Waals surface area (Å²) in [6.45, 7) is 2.29. The van der Waals surface area contributed by atoms with Crippen LogP contribution in [0.4, 0.5) is 0 Å². The molecule has 112 valence electrons. The predicted molar refractivity (Wildman–Crippen MR) is 80.2 cm³/mol. The van der Waals surface area contributed by atoms with Crippen molar-refractivity contribution < 1.29 is 9.53 Å². The SMILES string of the molecule is NCCn1cnc(C(=O)NCCCOc2ccccc2)c1. The van der Waals surface area contributed by atoms with Crippen molar-refractivity contribution in [2.45, 2.75) is 13.0 Å². The fraction of sp³-hybridized carbons (Fsp3) is 0.333. The highest BCUT2D eigenvalue weighted by molar-refractivity contribution is 5.91. The van der Waals surface area contributed by atoms with Gasteiger partial charge in [-0.2, -0.15) is 0 Å². The molecule has 0 saturated heterocycles. The molecule has 1 heterocycles. The molecule has 6 nitrogen and oxygen atoms in total. The minimum absolute atomic E-state index is 0.175. The Labute approximate surface area is 123 Å². The van der Waals surface area contributed by atoms with Gasteiger partial charge in [0.15, 0.2) is 0 Å². The predicted octanol–water partition coefficient (Wildman–Crippen LogP) is 1.04. The van der Waals surface area contributed by atoms with Crippen LogP contribution < -0.4 is 15.8 Å². The Bertz CT molecular complexity index is 554. The molecular formula is C15H20N4O2. The van der Waals surface area contributed by atoms with Crippen molar-refractivity contribution in [2.24, 2.45) is 5.73 Å². The van der Waals surface area contributed by atoms with Crippen molar-refractivity contribution in [3.63, 3.8) is 0 Å². The molecule has 0 aliphatic rings. The van der Waals surface area contributed by atoms with Crippen molar-refractivity contribution in [3.8, 4) is 5.75 Å². The molecule has 0 saturated carbocycles. The number of hydrogen-bond acceptors (Lipinski definition) is 4. The Kier molecular flexibility index (Phi) is 5.78. The number of ether oxygens (including phenoxy) is 1. The van der Waals surface area contributed by atoms with Gasteiger partial charge in [0, 0.05) is 25.8 Å². The summed E-state index contributed by atoms with van der Waals surface area (Å²) >= 11 is 0. The number of aromatic nitrogens is 2. The molecule has 1 aromatic carbocycles. The van der Waals surface area contributed by atoms with Gasteiger partial charge in [0.1, 0.15) is 11.4 Å². The van der Waals surface area contributed by atoms with E-state index in [1.807, 2.05) is 30.3 Å². The van der Waals surface area contributed by atoms with Gasteiger partial charge >= 0.3 is 0 Å². The van der Waals surface area contributed by atoms with Gasteiger partial charge in [0.2, 0.25) is 0 Å². The van der Waals surface area contributed by atoms with Crippen LogP contribution in [0.25, 0.3) is 0 Å². The average molecular weight is 288 g/mol. The maximum absolute atomic E-state index is 11.8. The molecule has 2 rings (SSSR count). The Morgan fingerprint density at radius 2 is 2.14 bits per heavy atom. The van der Waals surface area contributed by atoms with Crippen molar-refractivity contribution >= 4 is 5.91 Å². The number of carbonyl (C=O) groups excluding carboxylic acids is 1. The van der Waals surface area contributed by atoms with Crippen LogP contribution in [0.2, 0.25) is 0 Å². The van der Waals surface area contributed by atoms with Gasteiger partial charge in [0.25, 0.3) is 5.91 Å². The van der Waals surface area contributed by atoms with E-state index in [1.165, 1.54) is 0 Å². The second-order valence-corrected chi connectivity index (χ2v) is 4.56. The maximum Gasteiger partial charge on any atom is 0.271 e. The lowest BCUT2D eigenvalue weighted by molar-refractivity contribution is 0.0947. The summed E-state index contributed by atoms with van der Waals surface area (Å²) in [5.41, 5.74) is 5.85. The molecule has 0 atom stereocenters. The lowest BCUT2D eigenvalue weighted by Gasteiger charge is -2.06. The molecule has 0 spiro atoms. The summed E-state index contributed by atoms with van der Waals surface area (Å²) in [6.07, 6.45) is 4.05. The van der Waals surface area contributed by atoms with Gasteiger partial charge in [-0.1, -0.05) is 18.2 Å². The first-order valence-electron chi connectivity index (χ1n) is 6.97. The summed E-state index contributed by atoms with van der Waals surface area (Å²) in [6, 6.07) is 9.60. The third kappa shape index (κ3) is 4.92. The molecule has 21 heavy (non-hydrogen) atoms. The van der Waals surface area contributed by atoms with E-state index in [2.05, 4.69) is 10.3 Å². The van der Waals surface area contributed by atoms with Gasteiger partial charge in [-0.05, 0) is 18.6 Å². The molecule has 2 aromatic rings. The third-order valence-electron chi connectivity index (χ3n) is 2.87. The number of amides is 1. The van der Waals surface area contributed by atoms with E-state index in [0.717, 1.165) is 12.2 Å². The Balaban J connectivity index is 1.64. The van der Waals surface area contributed by atoms with Crippen molar-refractivity contribution in [1.29, 1.82) is 0 Å². The quantitative estimate of drug-likeness (QED) is 0.711. The van der Waals surface area contributed by atoms with E-state index in [4.69, 9.17) is 10.5 Å². The number of benzene rings is 1. The molecule has 1 aromatic heterocycles. The number of rotatable bonds is 8. The van der Waals surface area contributed by atoms with Gasteiger partial charge in [-0.15, -0.1) is 0 Å². The number of imidazole rings is 1. The Morgan fingerprint density at radius 1 is 1.33 bits per heavy atom. The van der Waals surface area contributed by atoms with Gasteiger partial charge in [-0.25, -0.2) is 4.98 Å². The first-order chi connectivity index (χ1) is 10.3. The Hall–Kier alpha value is -2.34. The third-order valence-corrected chi connectivity index (χ3v) is 2.87. The maximum atomic E-state index is 11.8. The molecular weight excluding hydrogens is 268 g/mol. The van der Waals surface area contributed by atoms with Crippen LogP contribution in [0.3, 0.4) is 0 Å². The van der Waals surface area contributed by atoms with E-state index in [9.17, 15) is 4.79 Å². The molecule has 0 fully saturated rings. The van der Waals surface area contributed by atoms with Crippen molar-refractivity contribution in [2.75, 3.05) is 19.7 Å². The molecule has 1 amide bonds. The molecule has 0 aliphatic heterocycles. The zero-order valence-corrected chi connectivity index (χ0v) is 11.9. The molecule has 0 aliphatic carbocycles. The molecule has 0 radical (unpaired) electrons. The number of para-hydroxylation sites is 1. The summed E-state index contributed by atoms with van der Waals surface area (Å²) in [7, 11) is 0. The molecule has 6 heteroatoms. The van der Waals surface area contributed by atoms with Gasteiger partial charge in [0.05, 0.1) is 12.9 Å². The molecule has 3 N–H and O–H groups in total. The zero-order chi connectivity index (χ0) is 14.9. The minimum atomic E-state index is -0.175. The lowest BCUT2D eigenvalue weighted by Crippen LogP contribution is -2.25. The highest BCUT2D eigenvalue weighted by Crippen LogP contribution is 2.08. The number of carbonyl (C=O) groups is 1. The summed E-state index contributed by atoms with van der Waals surface area (Å²) in [5, 5.41) is 2.81. The van der Waals surface area contributed by atoms with Gasteiger partial charge in [-0.3, -0.25) is 4.79 Å². The van der Waals surface area contributed by atoms with Crippen LogP contribution in [-0.2, 0) is 6.54 Å². The smallest absolute Gasteiger partial charge is 0.271 e. The summed E-state index contributed by atoms with van der Waals surface area (Å²) < 4.78 is 7.34. The van der Waals surface area contributed by atoms with Crippen LogP contribution in [0.1, 0.15) is 16.9 Å². The summed E-state index contributed by atoms with van der Waals surface area (Å²) in [5.74, 6) is 0.662. The largest absolute Gasteiger partial charge is 0.494 e. The monoisotopic (exact) mass is 288 g/mol. The van der Waals surface area contributed by atoms with Crippen molar-refractivity contribution in [3.05, 3.63) is 48.5 Å². The first-order valence-corrected chi connectivity index (χ1v) is 6.97. The Morgan fingerprint density at radius 3 is 2.90 bits per heavy atom. The number of nitrogens with one attached hydrogen (secondary N) is 1. The fourth-order valence-corrected chi connectivity index (χ4v) is 1.82. The van der Waals surface area contributed by atoms with Crippen LogP contribution in [0.5, 0.6) is 5.75 Å². The van der Waals surface area contributed by atoms with E-state index in [-0.39, 0.29) is 5.91 Å². The first kappa shape index (κ1) is 15.1. The fourth-order valence-electron chi connectivity index (χ4n) is 1.82. The summed E-state index contributed by atoms with van der Waals surface area (Å²) in [4.78, 5) is 15.9. The normalized spacial score (nSPS) is 10.3. The second-order valence-electron chi connectivity index (χ2n) is 4.56. The van der Waals surface area contributed by atoms with Crippen LogP contribution in [0.15, 0.2) is 42.9 Å². The highest BCUT2D eigenvalue weighted by Gasteiger charge is 2.08. The lowest BCUT2D eigenvalue weighted by atomic mass is 10.3. The van der Waals surface area contributed by atoms with Crippen LogP contribution in [0, 0.1) is 0 Å². The second kappa shape index (κ2) is 8.06. The average Bonchev–Trinajstić information content (AvgIpc) is 2.97. The zero-order valence-electron chi connectivity index (χ0n) is 11.9. The van der Waals surface area contributed by atoms with Crippen LogP contribution in [-0.4, -0.2) is 35.2 Å². The number of nitrogens with zero attached hydrogens (tertiary/aromatic N) is 2. The highest BCUT2D eigenvalue weighted by atomic mass is 16.5.